The van der Waals surface area contributed by atoms with Crippen molar-refractivity contribution in [3.05, 3.63) is 53.8 Å². The molecule has 2 rings (SSSR count). The van der Waals surface area contributed by atoms with Crippen molar-refractivity contribution in [1.29, 1.82) is 0 Å². The van der Waals surface area contributed by atoms with Crippen molar-refractivity contribution in [2.75, 3.05) is 17.1 Å². The highest BCUT2D eigenvalue weighted by Gasteiger charge is 2.17. The number of sulfonamides is 1. The third kappa shape index (κ3) is 4.54. The second-order valence-electron chi connectivity index (χ2n) is 5.00. The molecule has 0 bridgehead atoms. The number of ether oxygens (including phenoxy) is 1. The van der Waals surface area contributed by atoms with Crippen LogP contribution in [0.2, 0.25) is 0 Å². The number of anilines is 2. The second-order valence-corrected chi connectivity index (χ2v) is 6.68. The summed E-state index contributed by atoms with van der Waals surface area (Å²) >= 11 is 0. The van der Waals surface area contributed by atoms with Crippen LogP contribution >= 0.6 is 0 Å². The largest absolute Gasteiger partial charge is 0.465 e. The van der Waals surface area contributed by atoms with Crippen LogP contribution in [0.15, 0.2) is 47.4 Å². The normalized spacial score (nSPS) is 10.8. The third-order valence-electron chi connectivity index (χ3n) is 3.09. The highest BCUT2D eigenvalue weighted by molar-refractivity contribution is 7.92. The van der Waals surface area contributed by atoms with E-state index in [0.717, 1.165) is 18.2 Å². The molecule has 0 aliphatic heterocycles. The van der Waals surface area contributed by atoms with Crippen molar-refractivity contribution < 1.29 is 27.1 Å². The average Bonchev–Trinajstić information content (AvgIpc) is 2.56. The molecule has 0 spiro atoms. The van der Waals surface area contributed by atoms with E-state index in [0.29, 0.717) is 0 Å². The van der Waals surface area contributed by atoms with Crippen LogP contribution in [0.1, 0.15) is 17.3 Å². The first-order chi connectivity index (χ1) is 11.7. The van der Waals surface area contributed by atoms with Gasteiger partial charge in [0.05, 0.1) is 28.9 Å². The van der Waals surface area contributed by atoms with Gasteiger partial charge in [0, 0.05) is 6.92 Å². The van der Waals surface area contributed by atoms with E-state index in [4.69, 9.17) is 0 Å². The number of rotatable bonds is 5. The quantitative estimate of drug-likeness (QED) is 0.791. The lowest BCUT2D eigenvalue weighted by atomic mass is 10.2. The number of benzene rings is 2. The third-order valence-corrected chi connectivity index (χ3v) is 4.47. The molecule has 1 amide bonds. The van der Waals surface area contributed by atoms with Gasteiger partial charge in [-0.3, -0.25) is 9.52 Å². The fraction of sp³-hybridized carbons (Fsp3) is 0.125. The van der Waals surface area contributed by atoms with Crippen LogP contribution in [0.5, 0.6) is 0 Å². The summed E-state index contributed by atoms with van der Waals surface area (Å²) in [5.74, 6) is -1.87. The molecule has 0 aliphatic rings. The summed E-state index contributed by atoms with van der Waals surface area (Å²) in [5, 5.41) is 2.26. The molecule has 0 heterocycles. The molecule has 0 saturated heterocycles. The van der Waals surface area contributed by atoms with E-state index in [2.05, 4.69) is 14.8 Å². The molecule has 0 aromatic heterocycles. The number of hydrogen-bond donors (Lipinski definition) is 2. The van der Waals surface area contributed by atoms with Crippen LogP contribution in [0.3, 0.4) is 0 Å². The zero-order chi connectivity index (χ0) is 18.6. The van der Waals surface area contributed by atoms with Gasteiger partial charge in [0.2, 0.25) is 5.91 Å². The topological polar surface area (TPSA) is 102 Å². The fourth-order valence-corrected chi connectivity index (χ4v) is 3.09. The summed E-state index contributed by atoms with van der Waals surface area (Å²) in [6.45, 7) is 1.20. The van der Waals surface area contributed by atoms with Gasteiger partial charge >= 0.3 is 5.97 Å². The number of hydrogen-bond acceptors (Lipinski definition) is 5. The van der Waals surface area contributed by atoms with Crippen molar-refractivity contribution in [1.82, 2.24) is 0 Å². The smallest absolute Gasteiger partial charge is 0.337 e. The maximum absolute atomic E-state index is 13.6. The fourth-order valence-electron chi connectivity index (χ4n) is 2.00. The van der Waals surface area contributed by atoms with Gasteiger partial charge in [-0.05, 0) is 36.4 Å². The molecule has 2 N–H and O–H groups in total. The number of carbonyl (C=O) groups excluding carboxylic acids is 2. The van der Waals surface area contributed by atoms with Crippen LogP contribution in [0.25, 0.3) is 0 Å². The Morgan fingerprint density at radius 2 is 1.84 bits per heavy atom. The van der Waals surface area contributed by atoms with Crippen LogP contribution in [-0.2, 0) is 19.6 Å². The maximum atomic E-state index is 13.6. The average molecular weight is 366 g/mol. The van der Waals surface area contributed by atoms with E-state index in [-0.39, 0.29) is 21.8 Å². The van der Waals surface area contributed by atoms with E-state index in [1.165, 1.54) is 38.3 Å². The SMILES string of the molecule is COC(=O)c1cccc(S(=O)(=O)Nc2ccc(F)c(NC(C)=O)c2)c1. The van der Waals surface area contributed by atoms with Gasteiger partial charge in [-0.2, -0.15) is 0 Å². The summed E-state index contributed by atoms with van der Waals surface area (Å²) in [4.78, 5) is 22.4. The molecule has 2 aromatic rings. The number of carbonyl (C=O) groups is 2. The van der Waals surface area contributed by atoms with Crippen molar-refractivity contribution in [3.8, 4) is 0 Å². The molecule has 0 unspecified atom stereocenters. The van der Waals surface area contributed by atoms with Crippen LogP contribution in [-0.4, -0.2) is 27.4 Å². The molecule has 2 aromatic carbocycles. The maximum Gasteiger partial charge on any atom is 0.337 e. The van der Waals surface area contributed by atoms with E-state index >= 15 is 0 Å². The number of methoxy groups -OCH3 is 1. The molecule has 0 saturated carbocycles. The molecule has 0 radical (unpaired) electrons. The molecule has 7 nitrogen and oxygen atoms in total. The first kappa shape index (κ1) is 18.4. The minimum absolute atomic E-state index is 0.0496. The highest BCUT2D eigenvalue weighted by atomic mass is 32.2. The minimum atomic E-state index is -4.03. The Bertz CT molecular complexity index is 928. The van der Waals surface area contributed by atoms with Gasteiger partial charge in [0.15, 0.2) is 0 Å². The zero-order valence-corrected chi connectivity index (χ0v) is 14.2. The lowest BCUT2D eigenvalue weighted by molar-refractivity contribution is -0.114. The zero-order valence-electron chi connectivity index (χ0n) is 13.4. The molecular formula is C16H15FN2O5S. The molecule has 0 atom stereocenters. The number of esters is 1. The summed E-state index contributed by atoms with van der Waals surface area (Å²) in [6.07, 6.45) is 0. The van der Waals surface area contributed by atoms with Crippen LogP contribution in [0.4, 0.5) is 15.8 Å². The Morgan fingerprint density at radius 3 is 2.48 bits per heavy atom. The van der Waals surface area contributed by atoms with Gasteiger partial charge in [-0.1, -0.05) is 6.07 Å². The number of nitrogens with one attached hydrogen (secondary N) is 2. The van der Waals surface area contributed by atoms with Gasteiger partial charge in [0.25, 0.3) is 10.0 Å². The summed E-state index contributed by atoms with van der Waals surface area (Å²) < 4.78 is 45.3. The molecule has 9 heteroatoms. The van der Waals surface area contributed by atoms with Crippen molar-refractivity contribution in [3.63, 3.8) is 0 Å². The predicted molar refractivity (Wildman–Crippen MR) is 89.3 cm³/mol. The van der Waals surface area contributed by atoms with E-state index < -0.39 is 27.7 Å². The van der Waals surface area contributed by atoms with Crippen molar-refractivity contribution >= 4 is 33.3 Å². The van der Waals surface area contributed by atoms with Crippen LogP contribution < -0.4 is 10.0 Å². The van der Waals surface area contributed by atoms with Gasteiger partial charge in [-0.25, -0.2) is 17.6 Å². The summed E-state index contributed by atoms with van der Waals surface area (Å²) in [7, 11) is -2.84. The first-order valence-electron chi connectivity index (χ1n) is 7.01. The Balaban J connectivity index is 2.33. The summed E-state index contributed by atoms with van der Waals surface area (Å²) in [5.41, 5.74) is -0.0342. The highest BCUT2D eigenvalue weighted by Crippen LogP contribution is 2.23. The van der Waals surface area contributed by atoms with Gasteiger partial charge in [0.1, 0.15) is 5.82 Å². The lowest BCUT2D eigenvalue weighted by Gasteiger charge is -2.11. The number of halogens is 1. The second kappa shape index (κ2) is 7.31. The first-order valence-corrected chi connectivity index (χ1v) is 8.49. The Kier molecular flexibility index (Phi) is 5.38. The van der Waals surface area contributed by atoms with E-state index in [1.54, 1.807) is 0 Å². The van der Waals surface area contributed by atoms with Crippen LogP contribution in [0, 0.1) is 5.82 Å². The number of amides is 1. The minimum Gasteiger partial charge on any atom is -0.465 e. The lowest BCUT2D eigenvalue weighted by Crippen LogP contribution is -2.15. The van der Waals surface area contributed by atoms with Crippen molar-refractivity contribution in [2.45, 2.75) is 11.8 Å². The van der Waals surface area contributed by atoms with Gasteiger partial charge < -0.3 is 10.1 Å². The molecule has 0 fully saturated rings. The Labute approximate surface area is 143 Å². The Morgan fingerprint density at radius 1 is 1.12 bits per heavy atom. The van der Waals surface area contributed by atoms with E-state index in [9.17, 15) is 22.4 Å². The molecule has 132 valence electrons. The Hall–Kier alpha value is -2.94. The van der Waals surface area contributed by atoms with E-state index in [1.807, 2.05) is 0 Å². The monoisotopic (exact) mass is 366 g/mol. The van der Waals surface area contributed by atoms with Crippen molar-refractivity contribution in [2.24, 2.45) is 0 Å². The molecule has 0 aliphatic carbocycles. The summed E-state index contributed by atoms with van der Waals surface area (Å²) in [6, 6.07) is 8.65. The standard InChI is InChI=1S/C16H15FN2O5S/c1-10(20)18-15-9-12(6-7-14(15)17)19-25(22,23)13-5-3-4-11(8-13)16(21)24-2/h3-9,19H,1-2H3,(H,18,20). The molecule has 25 heavy (non-hydrogen) atoms. The predicted octanol–water partition coefficient (Wildman–Crippen LogP) is 2.37. The van der Waals surface area contributed by atoms with Gasteiger partial charge in [-0.15, -0.1) is 0 Å². The molecular weight excluding hydrogens is 351 g/mol.